The van der Waals surface area contributed by atoms with Crippen molar-refractivity contribution in [1.29, 1.82) is 0 Å². The highest BCUT2D eigenvalue weighted by Crippen LogP contribution is 2.26. The molecular weight excluding hydrogens is 358 g/mol. The summed E-state index contributed by atoms with van der Waals surface area (Å²) in [6.45, 7) is 0.242. The number of carboxylic acids is 1. The smallest absolute Gasteiger partial charge is 0.326 e. The number of carbonyl (C=O) groups is 3. The fraction of sp³-hybridized carbons (Fsp3) is 0.286. The summed E-state index contributed by atoms with van der Waals surface area (Å²) < 4.78 is 0. The summed E-state index contributed by atoms with van der Waals surface area (Å²) in [5.74, 6) is -1.39. The number of carbonyl (C=O) groups excluding carboxylic acids is 2. The quantitative estimate of drug-likeness (QED) is 0.760. The lowest BCUT2D eigenvalue weighted by Gasteiger charge is -2.34. The highest BCUT2D eigenvalue weighted by atomic mass is 16.4. The van der Waals surface area contributed by atoms with Crippen molar-refractivity contribution in [2.45, 2.75) is 37.9 Å². The standard InChI is InChI=1S/C21H21N3O4/c25-19(14-6-3-7-17(10-14)23-21(28)22-16-8-9-16)24-12-15-5-2-1-4-13(15)11-18(24)20(26)27/h1-7,10,16,18H,8-9,11-12H2,(H,26,27)(H2,22,23,28). The van der Waals surface area contributed by atoms with E-state index in [4.69, 9.17) is 0 Å². The molecule has 0 saturated heterocycles. The average Bonchev–Trinajstić information content (AvgIpc) is 3.50. The van der Waals surface area contributed by atoms with Crippen LogP contribution >= 0.6 is 0 Å². The second kappa shape index (κ2) is 7.34. The monoisotopic (exact) mass is 379 g/mol. The zero-order valence-corrected chi connectivity index (χ0v) is 15.2. The molecule has 1 fully saturated rings. The minimum Gasteiger partial charge on any atom is -0.480 e. The van der Waals surface area contributed by atoms with E-state index >= 15 is 0 Å². The van der Waals surface area contributed by atoms with Gasteiger partial charge in [-0.15, -0.1) is 0 Å². The number of urea groups is 1. The highest BCUT2D eigenvalue weighted by molar-refractivity contribution is 5.99. The summed E-state index contributed by atoms with van der Waals surface area (Å²) in [7, 11) is 0. The fourth-order valence-corrected chi connectivity index (χ4v) is 3.43. The van der Waals surface area contributed by atoms with Crippen molar-refractivity contribution in [2.24, 2.45) is 0 Å². The Morgan fingerprint density at radius 3 is 2.46 bits per heavy atom. The van der Waals surface area contributed by atoms with E-state index in [0.717, 1.165) is 24.0 Å². The van der Waals surface area contributed by atoms with E-state index in [1.807, 2.05) is 24.3 Å². The molecular formula is C21H21N3O4. The van der Waals surface area contributed by atoms with Gasteiger partial charge in [-0.25, -0.2) is 9.59 Å². The SMILES string of the molecule is O=C(Nc1cccc(C(=O)N2Cc3ccccc3CC2C(=O)O)c1)NC1CC1. The van der Waals surface area contributed by atoms with Crippen LogP contribution in [0.5, 0.6) is 0 Å². The van der Waals surface area contributed by atoms with E-state index < -0.39 is 12.0 Å². The summed E-state index contributed by atoms with van der Waals surface area (Å²) in [6.07, 6.45) is 2.25. The van der Waals surface area contributed by atoms with Crippen molar-refractivity contribution in [3.05, 3.63) is 65.2 Å². The summed E-state index contributed by atoms with van der Waals surface area (Å²) in [6, 6.07) is 13.2. The Labute approximate surface area is 162 Å². The number of benzene rings is 2. The van der Waals surface area contributed by atoms with Crippen LogP contribution in [0.2, 0.25) is 0 Å². The van der Waals surface area contributed by atoms with Crippen molar-refractivity contribution in [2.75, 3.05) is 5.32 Å². The number of rotatable bonds is 4. The van der Waals surface area contributed by atoms with E-state index in [-0.39, 0.29) is 30.9 Å². The van der Waals surface area contributed by atoms with Gasteiger partial charge in [-0.05, 0) is 42.2 Å². The van der Waals surface area contributed by atoms with E-state index in [9.17, 15) is 19.5 Å². The molecule has 144 valence electrons. The normalized spacial score (nSPS) is 18.1. The predicted molar refractivity (Wildman–Crippen MR) is 103 cm³/mol. The van der Waals surface area contributed by atoms with Crippen molar-refractivity contribution >= 4 is 23.6 Å². The Kier molecular flexibility index (Phi) is 4.73. The zero-order chi connectivity index (χ0) is 19.7. The van der Waals surface area contributed by atoms with Crippen LogP contribution in [0.25, 0.3) is 0 Å². The summed E-state index contributed by atoms with van der Waals surface area (Å²) >= 11 is 0. The van der Waals surface area contributed by atoms with Crippen LogP contribution in [-0.4, -0.2) is 40.0 Å². The summed E-state index contributed by atoms with van der Waals surface area (Å²) in [5.41, 5.74) is 2.74. The Morgan fingerprint density at radius 2 is 1.75 bits per heavy atom. The van der Waals surface area contributed by atoms with Gasteiger partial charge in [0.2, 0.25) is 0 Å². The molecule has 3 N–H and O–H groups in total. The lowest BCUT2D eigenvalue weighted by molar-refractivity contribution is -0.142. The van der Waals surface area contributed by atoms with Gasteiger partial charge in [0.05, 0.1) is 0 Å². The van der Waals surface area contributed by atoms with Crippen LogP contribution in [-0.2, 0) is 17.8 Å². The van der Waals surface area contributed by atoms with Crippen molar-refractivity contribution < 1.29 is 19.5 Å². The van der Waals surface area contributed by atoms with Crippen LogP contribution in [0.1, 0.15) is 34.3 Å². The van der Waals surface area contributed by atoms with Gasteiger partial charge >= 0.3 is 12.0 Å². The van der Waals surface area contributed by atoms with E-state index in [2.05, 4.69) is 10.6 Å². The van der Waals surface area contributed by atoms with Gasteiger partial charge in [0.15, 0.2) is 0 Å². The number of carboxylic acid groups (broad SMARTS) is 1. The Balaban J connectivity index is 1.54. The van der Waals surface area contributed by atoms with Gasteiger partial charge in [-0.3, -0.25) is 4.79 Å². The van der Waals surface area contributed by atoms with Crippen molar-refractivity contribution in [3.63, 3.8) is 0 Å². The molecule has 0 bridgehead atoms. The number of nitrogens with zero attached hydrogens (tertiary/aromatic N) is 1. The molecule has 7 heteroatoms. The molecule has 1 aliphatic carbocycles. The minimum absolute atomic E-state index is 0.231. The summed E-state index contributed by atoms with van der Waals surface area (Å²) in [4.78, 5) is 38.2. The molecule has 2 aromatic rings. The first-order valence-corrected chi connectivity index (χ1v) is 9.29. The molecule has 0 radical (unpaired) electrons. The minimum atomic E-state index is -1.03. The number of anilines is 1. The zero-order valence-electron chi connectivity index (χ0n) is 15.2. The van der Waals surface area contributed by atoms with E-state index in [1.165, 1.54) is 4.90 Å². The largest absolute Gasteiger partial charge is 0.480 e. The number of hydrogen-bond acceptors (Lipinski definition) is 3. The van der Waals surface area contributed by atoms with E-state index in [0.29, 0.717) is 11.3 Å². The van der Waals surface area contributed by atoms with E-state index in [1.54, 1.807) is 24.3 Å². The van der Waals surface area contributed by atoms with Crippen LogP contribution in [0, 0.1) is 0 Å². The first kappa shape index (κ1) is 18.0. The number of fused-ring (bicyclic) bond motifs is 1. The van der Waals surface area contributed by atoms with Crippen LogP contribution in [0.15, 0.2) is 48.5 Å². The lowest BCUT2D eigenvalue weighted by Crippen LogP contribution is -2.48. The average molecular weight is 379 g/mol. The molecule has 1 aliphatic heterocycles. The van der Waals surface area contributed by atoms with Gasteiger partial charge in [0.1, 0.15) is 6.04 Å². The highest BCUT2D eigenvalue weighted by Gasteiger charge is 2.35. The van der Waals surface area contributed by atoms with Gasteiger partial charge in [0, 0.05) is 30.3 Å². The molecule has 7 nitrogen and oxygen atoms in total. The molecule has 28 heavy (non-hydrogen) atoms. The molecule has 3 amide bonds. The third-order valence-electron chi connectivity index (χ3n) is 5.07. The third-order valence-corrected chi connectivity index (χ3v) is 5.07. The van der Waals surface area contributed by atoms with Crippen LogP contribution in [0.4, 0.5) is 10.5 Å². The molecule has 1 heterocycles. The predicted octanol–water partition coefficient (Wildman–Crippen LogP) is 2.62. The number of hydrogen-bond donors (Lipinski definition) is 3. The number of nitrogens with one attached hydrogen (secondary N) is 2. The third kappa shape index (κ3) is 3.83. The molecule has 0 spiro atoms. The lowest BCUT2D eigenvalue weighted by atomic mass is 9.93. The Bertz CT molecular complexity index is 939. The fourth-order valence-electron chi connectivity index (χ4n) is 3.43. The van der Waals surface area contributed by atoms with Gasteiger partial charge in [0.25, 0.3) is 5.91 Å². The van der Waals surface area contributed by atoms with Crippen LogP contribution < -0.4 is 10.6 Å². The maximum atomic E-state index is 13.1. The molecule has 1 saturated carbocycles. The molecule has 0 aromatic heterocycles. The number of amides is 3. The maximum absolute atomic E-state index is 13.1. The Morgan fingerprint density at radius 1 is 1.00 bits per heavy atom. The number of aliphatic carboxylic acids is 1. The molecule has 1 atom stereocenters. The molecule has 1 unspecified atom stereocenters. The van der Waals surface area contributed by atoms with Crippen LogP contribution in [0.3, 0.4) is 0 Å². The first-order chi connectivity index (χ1) is 13.5. The second-order valence-corrected chi connectivity index (χ2v) is 7.21. The van der Waals surface area contributed by atoms with Crippen molar-refractivity contribution in [3.8, 4) is 0 Å². The van der Waals surface area contributed by atoms with Gasteiger partial charge < -0.3 is 20.6 Å². The second-order valence-electron chi connectivity index (χ2n) is 7.21. The van der Waals surface area contributed by atoms with Gasteiger partial charge in [-0.2, -0.15) is 0 Å². The maximum Gasteiger partial charge on any atom is 0.326 e. The first-order valence-electron chi connectivity index (χ1n) is 9.29. The Hall–Kier alpha value is -3.35. The topological polar surface area (TPSA) is 98.7 Å². The van der Waals surface area contributed by atoms with Gasteiger partial charge in [-0.1, -0.05) is 30.3 Å². The molecule has 4 rings (SSSR count). The molecule has 2 aromatic carbocycles. The summed E-state index contributed by atoms with van der Waals surface area (Å²) in [5, 5.41) is 15.2. The van der Waals surface area contributed by atoms with Crippen molar-refractivity contribution in [1.82, 2.24) is 10.2 Å². The molecule has 2 aliphatic rings.